The Labute approximate surface area is 120 Å². The molecular formula is C14H26N2O4. The van der Waals surface area contributed by atoms with E-state index in [1.807, 2.05) is 6.92 Å². The molecule has 116 valence electrons. The maximum absolute atomic E-state index is 12.0. The average molecular weight is 286 g/mol. The number of piperidine rings is 1. The molecule has 0 aromatic rings. The van der Waals surface area contributed by atoms with Crippen LogP contribution in [-0.4, -0.2) is 54.4 Å². The third-order valence-corrected chi connectivity index (χ3v) is 3.46. The average Bonchev–Trinajstić information content (AvgIpc) is 2.37. The molecule has 2 amide bonds. The molecule has 2 N–H and O–H groups in total. The van der Waals surface area contributed by atoms with Crippen LogP contribution < -0.4 is 5.32 Å². The van der Waals surface area contributed by atoms with E-state index < -0.39 is 5.97 Å². The minimum Gasteiger partial charge on any atom is -0.481 e. The fourth-order valence-electron chi connectivity index (χ4n) is 2.35. The Morgan fingerprint density at radius 3 is 2.70 bits per heavy atom. The van der Waals surface area contributed by atoms with Gasteiger partial charge in [0, 0.05) is 25.7 Å². The third-order valence-electron chi connectivity index (χ3n) is 3.46. The zero-order valence-corrected chi connectivity index (χ0v) is 12.6. The van der Waals surface area contributed by atoms with Crippen molar-refractivity contribution in [3.8, 4) is 0 Å². The molecule has 6 heteroatoms. The van der Waals surface area contributed by atoms with Crippen molar-refractivity contribution in [2.24, 2.45) is 11.8 Å². The molecule has 2 atom stereocenters. The number of likely N-dealkylation sites (tertiary alicyclic amines) is 1. The maximum atomic E-state index is 12.0. The van der Waals surface area contributed by atoms with Crippen LogP contribution in [0.4, 0.5) is 4.79 Å². The van der Waals surface area contributed by atoms with Crippen LogP contribution in [-0.2, 0) is 9.53 Å². The lowest BCUT2D eigenvalue weighted by molar-refractivity contribution is -0.143. The molecule has 1 fully saturated rings. The number of hydrogen-bond donors (Lipinski definition) is 2. The molecule has 6 nitrogen and oxygen atoms in total. The van der Waals surface area contributed by atoms with Gasteiger partial charge in [0.1, 0.15) is 0 Å². The molecule has 0 aliphatic carbocycles. The first-order chi connectivity index (χ1) is 9.41. The molecule has 1 aliphatic rings. The summed E-state index contributed by atoms with van der Waals surface area (Å²) in [7, 11) is 0. The van der Waals surface area contributed by atoms with Gasteiger partial charge in [0.2, 0.25) is 0 Å². The molecule has 1 aliphatic heterocycles. The lowest BCUT2D eigenvalue weighted by Crippen LogP contribution is -2.50. The molecule has 0 aromatic heterocycles. The summed E-state index contributed by atoms with van der Waals surface area (Å²) in [5.41, 5.74) is 0. The Kier molecular flexibility index (Phi) is 6.78. The number of hydrogen-bond acceptors (Lipinski definition) is 3. The van der Waals surface area contributed by atoms with Crippen LogP contribution in [0, 0.1) is 11.8 Å². The van der Waals surface area contributed by atoms with Crippen molar-refractivity contribution in [3.63, 3.8) is 0 Å². The lowest BCUT2D eigenvalue weighted by atomic mass is 9.92. The number of nitrogens with one attached hydrogen (secondary N) is 1. The van der Waals surface area contributed by atoms with Crippen molar-refractivity contribution in [2.45, 2.75) is 39.7 Å². The number of nitrogens with zero attached hydrogens (tertiary/aromatic N) is 1. The van der Waals surface area contributed by atoms with Crippen LogP contribution in [0.1, 0.15) is 33.6 Å². The van der Waals surface area contributed by atoms with Crippen molar-refractivity contribution in [1.82, 2.24) is 10.2 Å². The van der Waals surface area contributed by atoms with Crippen LogP contribution in [0.2, 0.25) is 0 Å². The van der Waals surface area contributed by atoms with E-state index in [0.717, 1.165) is 0 Å². The molecule has 0 spiro atoms. The number of amides is 2. The number of carboxylic acid groups (broad SMARTS) is 1. The van der Waals surface area contributed by atoms with E-state index in [4.69, 9.17) is 9.84 Å². The molecule has 0 aromatic carbocycles. The van der Waals surface area contributed by atoms with Gasteiger partial charge < -0.3 is 20.1 Å². The summed E-state index contributed by atoms with van der Waals surface area (Å²) in [6.07, 6.45) is 1.05. The summed E-state index contributed by atoms with van der Waals surface area (Å²) in [6.45, 7) is 8.22. The zero-order chi connectivity index (χ0) is 15.1. The number of carboxylic acids is 1. The van der Waals surface area contributed by atoms with Crippen LogP contribution in [0.5, 0.6) is 0 Å². The Morgan fingerprint density at radius 1 is 1.45 bits per heavy atom. The summed E-state index contributed by atoms with van der Waals surface area (Å²) < 4.78 is 5.40. The van der Waals surface area contributed by atoms with Gasteiger partial charge in [-0.3, -0.25) is 4.79 Å². The summed E-state index contributed by atoms with van der Waals surface area (Å²) >= 11 is 0. The molecular weight excluding hydrogens is 260 g/mol. The van der Waals surface area contributed by atoms with E-state index in [0.29, 0.717) is 45.1 Å². The highest BCUT2D eigenvalue weighted by Gasteiger charge is 2.31. The van der Waals surface area contributed by atoms with E-state index in [1.165, 1.54) is 0 Å². The van der Waals surface area contributed by atoms with Gasteiger partial charge >= 0.3 is 12.0 Å². The highest BCUT2D eigenvalue weighted by Crippen LogP contribution is 2.22. The highest BCUT2D eigenvalue weighted by atomic mass is 16.5. The van der Waals surface area contributed by atoms with Crippen molar-refractivity contribution in [3.05, 3.63) is 0 Å². The fourth-order valence-corrected chi connectivity index (χ4v) is 2.35. The first-order valence-corrected chi connectivity index (χ1v) is 7.26. The number of aliphatic carboxylic acids is 1. The number of rotatable bonds is 6. The SMILES string of the molecule is CC(C)COCCNC(=O)N1CCC(C(=O)O)CC1C. The van der Waals surface area contributed by atoms with Gasteiger partial charge in [-0.1, -0.05) is 13.8 Å². The van der Waals surface area contributed by atoms with Crippen LogP contribution in [0.3, 0.4) is 0 Å². The van der Waals surface area contributed by atoms with E-state index in [2.05, 4.69) is 19.2 Å². The number of urea groups is 1. The molecule has 0 bridgehead atoms. The summed E-state index contributed by atoms with van der Waals surface area (Å²) in [6, 6.07) is -0.170. The molecule has 1 heterocycles. The van der Waals surface area contributed by atoms with Crippen molar-refractivity contribution in [2.75, 3.05) is 26.3 Å². The maximum Gasteiger partial charge on any atom is 0.317 e. The molecule has 2 unspecified atom stereocenters. The van der Waals surface area contributed by atoms with Gasteiger partial charge in [-0.25, -0.2) is 4.79 Å². The smallest absolute Gasteiger partial charge is 0.317 e. The Morgan fingerprint density at radius 2 is 2.15 bits per heavy atom. The van der Waals surface area contributed by atoms with Gasteiger partial charge in [-0.2, -0.15) is 0 Å². The number of carbonyl (C=O) groups excluding carboxylic acids is 1. The second-order valence-electron chi connectivity index (χ2n) is 5.80. The fraction of sp³-hybridized carbons (Fsp3) is 0.857. The topological polar surface area (TPSA) is 78.9 Å². The summed E-state index contributed by atoms with van der Waals surface area (Å²) in [5, 5.41) is 11.8. The van der Waals surface area contributed by atoms with Crippen LogP contribution in [0.25, 0.3) is 0 Å². The summed E-state index contributed by atoms with van der Waals surface area (Å²) in [5.74, 6) is -0.608. The predicted octanol–water partition coefficient (Wildman–Crippen LogP) is 1.55. The Hall–Kier alpha value is -1.30. The highest BCUT2D eigenvalue weighted by molar-refractivity contribution is 5.75. The van der Waals surface area contributed by atoms with Gasteiger partial charge in [0.15, 0.2) is 0 Å². The standard InChI is InChI=1S/C14H26N2O4/c1-10(2)9-20-7-5-15-14(19)16-6-4-12(13(17)18)8-11(16)3/h10-12H,4-9H2,1-3H3,(H,15,19)(H,17,18). The van der Waals surface area contributed by atoms with E-state index >= 15 is 0 Å². The number of carbonyl (C=O) groups is 2. The second-order valence-corrected chi connectivity index (χ2v) is 5.80. The Bertz CT molecular complexity index is 333. The molecule has 20 heavy (non-hydrogen) atoms. The van der Waals surface area contributed by atoms with E-state index in [1.54, 1.807) is 4.90 Å². The minimum atomic E-state index is -0.765. The zero-order valence-electron chi connectivity index (χ0n) is 12.6. The van der Waals surface area contributed by atoms with Gasteiger partial charge in [0.05, 0.1) is 12.5 Å². The Balaban J connectivity index is 2.25. The van der Waals surface area contributed by atoms with Gasteiger partial charge in [-0.15, -0.1) is 0 Å². The van der Waals surface area contributed by atoms with Gasteiger partial charge in [0.25, 0.3) is 0 Å². The first kappa shape index (κ1) is 16.8. The van der Waals surface area contributed by atoms with Crippen LogP contribution in [0.15, 0.2) is 0 Å². The third kappa shape index (κ3) is 5.36. The predicted molar refractivity (Wildman–Crippen MR) is 75.6 cm³/mol. The number of ether oxygens (including phenoxy) is 1. The quantitative estimate of drug-likeness (QED) is 0.726. The van der Waals surface area contributed by atoms with Crippen molar-refractivity contribution in [1.29, 1.82) is 0 Å². The van der Waals surface area contributed by atoms with Gasteiger partial charge in [-0.05, 0) is 25.7 Å². The minimum absolute atomic E-state index is 0.0403. The molecule has 1 saturated heterocycles. The molecule has 1 rings (SSSR count). The normalized spacial score (nSPS) is 22.9. The second kappa shape index (κ2) is 8.09. The summed E-state index contributed by atoms with van der Waals surface area (Å²) in [4.78, 5) is 24.6. The van der Waals surface area contributed by atoms with E-state index in [9.17, 15) is 9.59 Å². The molecule has 0 saturated carbocycles. The first-order valence-electron chi connectivity index (χ1n) is 7.26. The lowest BCUT2D eigenvalue weighted by Gasteiger charge is -2.36. The van der Waals surface area contributed by atoms with Crippen LogP contribution >= 0.6 is 0 Å². The monoisotopic (exact) mass is 286 g/mol. The molecule has 0 radical (unpaired) electrons. The largest absolute Gasteiger partial charge is 0.481 e. The van der Waals surface area contributed by atoms with Crippen molar-refractivity contribution < 1.29 is 19.4 Å². The van der Waals surface area contributed by atoms with Crippen molar-refractivity contribution >= 4 is 12.0 Å². The van der Waals surface area contributed by atoms with E-state index in [-0.39, 0.29) is 18.0 Å².